The number of hydrogen-bond donors (Lipinski definition) is 1. The summed E-state index contributed by atoms with van der Waals surface area (Å²) in [5.74, 6) is -0.263. The van der Waals surface area contributed by atoms with Gasteiger partial charge in [0, 0.05) is 32.7 Å². The molecule has 1 fully saturated rings. The standard InChI is InChI=1S/C16H25N3O3S.ClH/c1-3-4-10-18(2)16(20)14-7-5-6-8-15(14)23(21,22)19-11-9-13(17)12-19;/h5-8,13H,3-4,9-12,17H2,1-2H3;1H/t13-;/m1./s1. The molecule has 6 nitrogen and oxygen atoms in total. The fourth-order valence-electron chi connectivity index (χ4n) is 2.68. The molecule has 0 aromatic heterocycles. The van der Waals surface area contributed by atoms with Crippen molar-refractivity contribution in [2.24, 2.45) is 5.73 Å². The Bertz CT molecular complexity index is 666. The summed E-state index contributed by atoms with van der Waals surface area (Å²) < 4.78 is 27.1. The van der Waals surface area contributed by atoms with Gasteiger partial charge >= 0.3 is 0 Å². The average molecular weight is 376 g/mol. The minimum Gasteiger partial charge on any atom is -0.342 e. The first-order valence-corrected chi connectivity index (χ1v) is 9.42. The highest BCUT2D eigenvalue weighted by molar-refractivity contribution is 7.89. The smallest absolute Gasteiger partial charge is 0.254 e. The van der Waals surface area contributed by atoms with E-state index in [4.69, 9.17) is 5.73 Å². The molecule has 1 aliphatic rings. The lowest BCUT2D eigenvalue weighted by Gasteiger charge is -2.21. The van der Waals surface area contributed by atoms with Crippen molar-refractivity contribution in [1.29, 1.82) is 0 Å². The normalized spacial score (nSPS) is 18.2. The van der Waals surface area contributed by atoms with Gasteiger partial charge in [-0.15, -0.1) is 12.4 Å². The molecular formula is C16H26ClN3O3S. The van der Waals surface area contributed by atoms with Crippen LogP contribution in [0.25, 0.3) is 0 Å². The lowest BCUT2D eigenvalue weighted by molar-refractivity contribution is 0.0789. The molecule has 1 amide bonds. The van der Waals surface area contributed by atoms with Crippen LogP contribution in [0, 0.1) is 0 Å². The third kappa shape index (κ3) is 4.47. The fourth-order valence-corrected chi connectivity index (χ4v) is 4.38. The number of benzene rings is 1. The van der Waals surface area contributed by atoms with Crippen LogP contribution in [-0.2, 0) is 10.0 Å². The minimum atomic E-state index is -3.70. The Balaban J connectivity index is 0.00000288. The largest absolute Gasteiger partial charge is 0.342 e. The topological polar surface area (TPSA) is 83.7 Å². The molecule has 2 rings (SSSR count). The molecule has 0 aliphatic carbocycles. The second kappa shape index (κ2) is 8.80. The first kappa shape index (κ1) is 20.9. The summed E-state index contributed by atoms with van der Waals surface area (Å²) in [6.07, 6.45) is 2.51. The van der Waals surface area contributed by atoms with Crippen LogP contribution in [0.4, 0.5) is 0 Å². The van der Waals surface area contributed by atoms with Gasteiger partial charge in [-0.1, -0.05) is 25.5 Å². The Labute approximate surface area is 150 Å². The molecule has 1 heterocycles. The van der Waals surface area contributed by atoms with E-state index in [9.17, 15) is 13.2 Å². The summed E-state index contributed by atoms with van der Waals surface area (Å²) in [6, 6.07) is 6.27. The maximum atomic E-state index is 12.8. The third-order valence-corrected chi connectivity index (χ3v) is 6.04. The number of nitrogens with two attached hydrogens (primary N) is 1. The first-order chi connectivity index (χ1) is 10.9. The number of halogens is 1. The van der Waals surface area contributed by atoms with Crippen molar-refractivity contribution in [1.82, 2.24) is 9.21 Å². The summed E-state index contributed by atoms with van der Waals surface area (Å²) in [6.45, 7) is 3.36. The maximum Gasteiger partial charge on any atom is 0.254 e. The maximum absolute atomic E-state index is 12.8. The highest BCUT2D eigenvalue weighted by atomic mass is 35.5. The summed E-state index contributed by atoms with van der Waals surface area (Å²) in [7, 11) is -1.99. The molecule has 1 aliphatic heterocycles. The quantitative estimate of drug-likeness (QED) is 0.820. The van der Waals surface area contributed by atoms with Gasteiger partial charge in [-0.25, -0.2) is 8.42 Å². The Kier molecular flexibility index (Phi) is 7.66. The van der Waals surface area contributed by atoms with Crippen LogP contribution in [-0.4, -0.2) is 56.3 Å². The molecule has 0 unspecified atom stereocenters. The van der Waals surface area contributed by atoms with E-state index in [2.05, 4.69) is 0 Å². The molecule has 0 spiro atoms. The van der Waals surface area contributed by atoms with Crippen LogP contribution in [0.2, 0.25) is 0 Å². The zero-order valence-corrected chi connectivity index (χ0v) is 15.8. The number of unbranched alkanes of at least 4 members (excludes halogenated alkanes) is 1. The van der Waals surface area contributed by atoms with Gasteiger partial charge in [0.05, 0.1) is 10.5 Å². The predicted octanol–water partition coefficient (Wildman–Crippen LogP) is 1.70. The zero-order valence-electron chi connectivity index (χ0n) is 14.1. The van der Waals surface area contributed by atoms with Gasteiger partial charge in [0.1, 0.15) is 0 Å². The van der Waals surface area contributed by atoms with Gasteiger partial charge in [-0.3, -0.25) is 4.79 Å². The summed E-state index contributed by atoms with van der Waals surface area (Å²) in [5.41, 5.74) is 6.05. The monoisotopic (exact) mass is 375 g/mol. The number of hydrogen-bond acceptors (Lipinski definition) is 4. The van der Waals surface area contributed by atoms with Gasteiger partial charge in [-0.2, -0.15) is 4.31 Å². The van der Waals surface area contributed by atoms with E-state index in [1.807, 2.05) is 6.92 Å². The van der Waals surface area contributed by atoms with Crippen LogP contribution in [0.15, 0.2) is 29.2 Å². The summed E-state index contributed by atoms with van der Waals surface area (Å²) >= 11 is 0. The average Bonchev–Trinajstić information content (AvgIpc) is 2.99. The highest BCUT2D eigenvalue weighted by Crippen LogP contribution is 2.24. The van der Waals surface area contributed by atoms with E-state index in [0.717, 1.165) is 12.8 Å². The van der Waals surface area contributed by atoms with Crippen molar-refractivity contribution in [2.75, 3.05) is 26.7 Å². The molecule has 2 N–H and O–H groups in total. The SMILES string of the molecule is CCCCN(C)C(=O)c1ccccc1S(=O)(=O)N1CC[C@@H](N)C1.Cl. The Morgan fingerprint density at radius 3 is 2.62 bits per heavy atom. The van der Waals surface area contributed by atoms with Crippen molar-refractivity contribution in [2.45, 2.75) is 37.1 Å². The molecule has 24 heavy (non-hydrogen) atoms. The van der Waals surface area contributed by atoms with Crippen molar-refractivity contribution in [3.05, 3.63) is 29.8 Å². The molecule has 8 heteroatoms. The van der Waals surface area contributed by atoms with Crippen molar-refractivity contribution in [3.8, 4) is 0 Å². The number of amides is 1. The minimum absolute atomic E-state index is 0. The molecule has 1 aromatic rings. The summed E-state index contributed by atoms with van der Waals surface area (Å²) in [4.78, 5) is 14.3. The molecule has 0 saturated carbocycles. The van der Waals surface area contributed by atoms with Gasteiger partial charge in [0.25, 0.3) is 5.91 Å². The lowest BCUT2D eigenvalue weighted by Crippen LogP contribution is -2.34. The molecule has 1 atom stereocenters. The van der Waals surface area contributed by atoms with E-state index in [0.29, 0.717) is 26.1 Å². The molecule has 1 aromatic carbocycles. The van der Waals surface area contributed by atoms with Crippen LogP contribution in [0.1, 0.15) is 36.5 Å². The van der Waals surface area contributed by atoms with Gasteiger partial charge in [-0.05, 0) is 25.0 Å². The number of nitrogens with zero attached hydrogens (tertiary/aromatic N) is 2. The number of carbonyl (C=O) groups excluding carboxylic acids is 1. The molecule has 1 saturated heterocycles. The van der Waals surface area contributed by atoms with E-state index < -0.39 is 10.0 Å². The third-order valence-electron chi connectivity index (χ3n) is 4.12. The van der Waals surface area contributed by atoms with Crippen LogP contribution >= 0.6 is 12.4 Å². The number of sulfonamides is 1. The van der Waals surface area contributed by atoms with E-state index in [1.54, 1.807) is 30.1 Å². The van der Waals surface area contributed by atoms with Gasteiger partial charge in [0.2, 0.25) is 10.0 Å². The van der Waals surface area contributed by atoms with E-state index in [1.165, 1.54) is 10.4 Å². The van der Waals surface area contributed by atoms with Gasteiger partial charge in [0.15, 0.2) is 0 Å². The second-order valence-corrected chi connectivity index (χ2v) is 7.89. The molecule has 0 radical (unpaired) electrons. The van der Waals surface area contributed by atoms with Gasteiger partial charge < -0.3 is 10.6 Å². The first-order valence-electron chi connectivity index (χ1n) is 7.98. The molecule has 136 valence electrons. The highest BCUT2D eigenvalue weighted by Gasteiger charge is 2.33. The Morgan fingerprint density at radius 1 is 1.38 bits per heavy atom. The lowest BCUT2D eigenvalue weighted by atomic mass is 10.2. The van der Waals surface area contributed by atoms with E-state index >= 15 is 0 Å². The second-order valence-electron chi connectivity index (χ2n) is 5.99. The fraction of sp³-hybridized carbons (Fsp3) is 0.562. The Morgan fingerprint density at radius 2 is 2.04 bits per heavy atom. The van der Waals surface area contributed by atoms with Crippen LogP contribution < -0.4 is 5.73 Å². The summed E-state index contributed by atoms with van der Waals surface area (Å²) in [5, 5.41) is 0. The zero-order chi connectivity index (χ0) is 17.0. The van der Waals surface area contributed by atoms with Crippen molar-refractivity contribution >= 4 is 28.3 Å². The molecular weight excluding hydrogens is 350 g/mol. The Hall–Kier alpha value is -1.15. The molecule has 0 bridgehead atoms. The van der Waals surface area contributed by atoms with E-state index in [-0.39, 0.29) is 34.8 Å². The van der Waals surface area contributed by atoms with Crippen molar-refractivity contribution < 1.29 is 13.2 Å². The predicted molar refractivity (Wildman–Crippen MR) is 96.9 cm³/mol. The number of rotatable bonds is 6. The van der Waals surface area contributed by atoms with Crippen molar-refractivity contribution in [3.63, 3.8) is 0 Å². The van der Waals surface area contributed by atoms with Crippen LogP contribution in [0.5, 0.6) is 0 Å². The van der Waals surface area contributed by atoms with Crippen LogP contribution in [0.3, 0.4) is 0 Å². The number of carbonyl (C=O) groups is 1.